The molecule has 0 spiro atoms. The second-order valence-electron chi connectivity index (χ2n) is 5.10. The van der Waals surface area contributed by atoms with E-state index in [4.69, 9.17) is 4.74 Å². The first-order valence-corrected chi connectivity index (χ1v) is 6.80. The van der Waals surface area contributed by atoms with Crippen LogP contribution in [-0.2, 0) is 16.0 Å². The highest BCUT2D eigenvalue weighted by Gasteiger charge is 2.44. The molecule has 1 aromatic rings. The van der Waals surface area contributed by atoms with Crippen LogP contribution in [0.2, 0.25) is 0 Å². The molecule has 1 heterocycles. The summed E-state index contributed by atoms with van der Waals surface area (Å²) in [4.78, 5) is 34.1. The van der Waals surface area contributed by atoms with Crippen molar-refractivity contribution in [3.63, 3.8) is 0 Å². The van der Waals surface area contributed by atoms with E-state index in [0.29, 0.717) is 12.0 Å². The Labute approximate surface area is 126 Å². The van der Waals surface area contributed by atoms with Gasteiger partial charge in [-0.1, -0.05) is 13.0 Å². The van der Waals surface area contributed by atoms with Gasteiger partial charge < -0.3 is 15.2 Å². The number of aliphatic carboxylic acids is 1. The molecule has 1 aliphatic rings. The van der Waals surface area contributed by atoms with Crippen LogP contribution in [-0.4, -0.2) is 40.7 Å². The molecule has 1 unspecified atom stereocenters. The Morgan fingerprint density at radius 1 is 1.50 bits per heavy atom. The third-order valence-electron chi connectivity index (χ3n) is 3.71. The van der Waals surface area contributed by atoms with Crippen LogP contribution in [0, 0.1) is 10.1 Å². The third-order valence-corrected chi connectivity index (χ3v) is 3.71. The number of carboxylic acid groups (broad SMARTS) is 1. The number of nitrogens with one attached hydrogen (secondary N) is 1. The monoisotopic (exact) mass is 308 g/mol. The Morgan fingerprint density at radius 2 is 2.23 bits per heavy atom. The second-order valence-corrected chi connectivity index (χ2v) is 5.10. The van der Waals surface area contributed by atoms with E-state index < -0.39 is 22.3 Å². The number of carbonyl (C=O) groups excluding carboxylic acids is 1. The van der Waals surface area contributed by atoms with E-state index in [2.05, 4.69) is 5.32 Å². The lowest BCUT2D eigenvalue weighted by molar-refractivity contribution is -0.385. The first kappa shape index (κ1) is 15.9. The maximum atomic E-state index is 12.2. The van der Waals surface area contributed by atoms with Crippen molar-refractivity contribution in [2.45, 2.75) is 25.3 Å². The molecule has 0 aliphatic carbocycles. The van der Waals surface area contributed by atoms with Crippen LogP contribution in [0.1, 0.15) is 29.3 Å². The summed E-state index contributed by atoms with van der Waals surface area (Å²) in [6.07, 6.45) is 0.619. The first-order valence-electron chi connectivity index (χ1n) is 6.80. The van der Waals surface area contributed by atoms with Gasteiger partial charge in [0, 0.05) is 30.2 Å². The third kappa shape index (κ3) is 2.91. The highest BCUT2D eigenvalue weighted by atomic mass is 16.6. The van der Waals surface area contributed by atoms with Gasteiger partial charge >= 0.3 is 5.97 Å². The Balaban J connectivity index is 2.28. The molecule has 8 nitrogen and oxygen atoms in total. The highest BCUT2D eigenvalue weighted by molar-refractivity contribution is 5.98. The number of ether oxygens (including phenoxy) is 1. The summed E-state index contributed by atoms with van der Waals surface area (Å²) in [5.74, 6) is -1.85. The van der Waals surface area contributed by atoms with Crippen molar-refractivity contribution in [2.24, 2.45) is 0 Å². The zero-order valence-electron chi connectivity index (χ0n) is 12.0. The smallest absolute Gasteiger partial charge is 0.331 e. The molecule has 1 atom stereocenters. The number of hydrogen-bond acceptors (Lipinski definition) is 5. The maximum absolute atomic E-state index is 12.2. The van der Waals surface area contributed by atoms with Gasteiger partial charge in [0.15, 0.2) is 5.54 Å². The molecule has 8 heteroatoms. The van der Waals surface area contributed by atoms with Crippen molar-refractivity contribution in [1.29, 1.82) is 0 Å². The van der Waals surface area contributed by atoms with Gasteiger partial charge in [-0.05, 0) is 12.5 Å². The molecule has 118 valence electrons. The van der Waals surface area contributed by atoms with Crippen molar-refractivity contribution in [1.82, 2.24) is 5.32 Å². The summed E-state index contributed by atoms with van der Waals surface area (Å²) in [5, 5.41) is 22.7. The number of benzene rings is 1. The van der Waals surface area contributed by atoms with E-state index in [0.717, 1.165) is 0 Å². The standard InChI is InChI=1S/C14H16N2O6/c1-2-9-3-4-10(7-11(9)16(20)21)12(17)15-14(13(18)19)5-6-22-8-14/h3-4,7H,2,5-6,8H2,1H3,(H,15,17)(H,18,19). The zero-order chi connectivity index (χ0) is 16.3. The van der Waals surface area contributed by atoms with E-state index in [1.807, 2.05) is 0 Å². The summed E-state index contributed by atoms with van der Waals surface area (Å²) in [5.41, 5.74) is -1.06. The van der Waals surface area contributed by atoms with Crippen LogP contribution in [0.3, 0.4) is 0 Å². The normalized spacial score (nSPS) is 20.6. The lowest BCUT2D eigenvalue weighted by Gasteiger charge is -2.23. The lowest BCUT2D eigenvalue weighted by atomic mass is 9.98. The average Bonchev–Trinajstić information content (AvgIpc) is 2.96. The van der Waals surface area contributed by atoms with Gasteiger partial charge in [-0.2, -0.15) is 0 Å². The predicted octanol–water partition coefficient (Wildman–Crippen LogP) is 1.13. The van der Waals surface area contributed by atoms with Crippen LogP contribution < -0.4 is 5.32 Å². The number of nitrogens with zero attached hydrogens (tertiary/aromatic N) is 1. The fourth-order valence-electron chi connectivity index (χ4n) is 2.35. The van der Waals surface area contributed by atoms with Gasteiger partial charge in [-0.25, -0.2) is 4.79 Å². The van der Waals surface area contributed by atoms with Crippen LogP contribution in [0.25, 0.3) is 0 Å². The molecule has 1 aromatic carbocycles. The fraction of sp³-hybridized carbons (Fsp3) is 0.429. The van der Waals surface area contributed by atoms with Gasteiger partial charge in [0.05, 0.1) is 11.5 Å². The second kappa shape index (κ2) is 6.10. The molecule has 1 aliphatic heterocycles. The number of hydrogen-bond donors (Lipinski definition) is 2. The van der Waals surface area contributed by atoms with Crippen molar-refractivity contribution >= 4 is 17.6 Å². The number of nitro groups is 1. The van der Waals surface area contributed by atoms with Gasteiger partial charge in [0.1, 0.15) is 0 Å². The quantitative estimate of drug-likeness (QED) is 0.621. The summed E-state index contributed by atoms with van der Waals surface area (Å²) in [7, 11) is 0. The van der Waals surface area contributed by atoms with Crippen molar-refractivity contribution < 1.29 is 24.4 Å². The Kier molecular flexibility index (Phi) is 4.41. The molecule has 2 rings (SSSR count). The number of aryl methyl sites for hydroxylation is 1. The average molecular weight is 308 g/mol. The molecule has 0 saturated carbocycles. The Morgan fingerprint density at radius 3 is 2.73 bits per heavy atom. The van der Waals surface area contributed by atoms with E-state index in [1.54, 1.807) is 6.92 Å². The first-order chi connectivity index (χ1) is 10.4. The van der Waals surface area contributed by atoms with Gasteiger partial charge in [-0.15, -0.1) is 0 Å². The lowest BCUT2D eigenvalue weighted by Crippen LogP contribution is -2.55. The van der Waals surface area contributed by atoms with Crippen LogP contribution in [0.4, 0.5) is 5.69 Å². The number of carbonyl (C=O) groups is 2. The predicted molar refractivity (Wildman–Crippen MR) is 75.7 cm³/mol. The summed E-state index contributed by atoms with van der Waals surface area (Å²) < 4.78 is 5.05. The van der Waals surface area contributed by atoms with Crippen molar-refractivity contribution in [3.05, 3.63) is 39.4 Å². The van der Waals surface area contributed by atoms with E-state index in [1.165, 1.54) is 18.2 Å². The van der Waals surface area contributed by atoms with E-state index in [9.17, 15) is 24.8 Å². The maximum Gasteiger partial charge on any atom is 0.331 e. The van der Waals surface area contributed by atoms with Gasteiger partial charge in [0.2, 0.25) is 0 Å². The van der Waals surface area contributed by atoms with E-state index >= 15 is 0 Å². The number of amides is 1. The summed E-state index contributed by atoms with van der Waals surface area (Å²) in [6, 6.07) is 4.12. The highest BCUT2D eigenvalue weighted by Crippen LogP contribution is 2.23. The van der Waals surface area contributed by atoms with Crippen molar-refractivity contribution in [3.8, 4) is 0 Å². The van der Waals surface area contributed by atoms with Crippen LogP contribution >= 0.6 is 0 Å². The molecule has 2 N–H and O–H groups in total. The van der Waals surface area contributed by atoms with Gasteiger partial charge in [-0.3, -0.25) is 14.9 Å². The fourth-order valence-corrected chi connectivity index (χ4v) is 2.35. The molecule has 0 aromatic heterocycles. The summed E-state index contributed by atoms with van der Waals surface area (Å²) in [6.45, 7) is 1.89. The molecular formula is C14H16N2O6. The molecule has 1 amide bonds. The topological polar surface area (TPSA) is 119 Å². The minimum absolute atomic E-state index is 0.0522. The zero-order valence-corrected chi connectivity index (χ0v) is 12.0. The SMILES string of the molecule is CCc1ccc(C(=O)NC2(C(=O)O)CCOC2)cc1[N+](=O)[O-]. The Bertz CT molecular complexity index is 622. The Hall–Kier alpha value is -2.48. The number of carboxylic acids is 1. The molecular weight excluding hydrogens is 292 g/mol. The van der Waals surface area contributed by atoms with Crippen LogP contribution in [0.5, 0.6) is 0 Å². The van der Waals surface area contributed by atoms with E-state index in [-0.39, 0.29) is 30.9 Å². The number of rotatable bonds is 5. The molecule has 22 heavy (non-hydrogen) atoms. The minimum atomic E-state index is -1.48. The minimum Gasteiger partial charge on any atom is -0.479 e. The van der Waals surface area contributed by atoms with Gasteiger partial charge in [0.25, 0.3) is 11.6 Å². The molecule has 0 bridgehead atoms. The molecule has 1 saturated heterocycles. The summed E-state index contributed by atoms with van der Waals surface area (Å²) >= 11 is 0. The molecule has 0 radical (unpaired) electrons. The van der Waals surface area contributed by atoms with Crippen LogP contribution in [0.15, 0.2) is 18.2 Å². The number of nitro benzene ring substituents is 1. The largest absolute Gasteiger partial charge is 0.479 e. The molecule has 1 fully saturated rings. The van der Waals surface area contributed by atoms with Crippen molar-refractivity contribution in [2.75, 3.05) is 13.2 Å².